The number of ether oxygens (including phenoxy) is 1. The molecule has 1 aliphatic heterocycles. The number of likely N-dealkylation sites (tertiary alicyclic amines) is 1. The number of aliphatic hydroxyl groups excluding tert-OH is 1. The summed E-state index contributed by atoms with van der Waals surface area (Å²) in [4.78, 5) is 53.1. The molecule has 2 amide bonds. The van der Waals surface area contributed by atoms with Crippen LogP contribution >= 0.6 is 0 Å². The molecule has 1 aromatic heterocycles. The summed E-state index contributed by atoms with van der Waals surface area (Å²) in [5.41, 5.74) is 4.14. The summed E-state index contributed by atoms with van der Waals surface area (Å²) in [5, 5.41) is 30.5. The van der Waals surface area contributed by atoms with Crippen molar-refractivity contribution in [3.63, 3.8) is 0 Å². The number of rotatable bonds is 14. The van der Waals surface area contributed by atoms with E-state index in [2.05, 4.69) is 25.7 Å². The summed E-state index contributed by atoms with van der Waals surface area (Å²) in [5.74, 6) is -2.78. The molecule has 282 valence electrons. The lowest BCUT2D eigenvalue weighted by Gasteiger charge is -2.31. The van der Waals surface area contributed by atoms with Gasteiger partial charge in [0.05, 0.1) is 11.6 Å². The SMILES string of the molecule is Cc1ccc(C(=O)Nc2cccc(CCNC[C@H](O)c3ccc(O)c4[nH]c(=O)ccc34)c2)cc1CNC(=O)CCN1CCC(OC(=O)C(F)(F)F)CC1. The van der Waals surface area contributed by atoms with Crippen molar-refractivity contribution in [2.45, 2.75) is 57.5 Å². The van der Waals surface area contributed by atoms with Crippen molar-refractivity contribution in [1.82, 2.24) is 20.5 Å². The van der Waals surface area contributed by atoms with Gasteiger partial charge in [0, 0.05) is 61.8 Å². The average Bonchev–Trinajstić information content (AvgIpc) is 3.12. The van der Waals surface area contributed by atoms with Gasteiger partial charge in [0.1, 0.15) is 11.9 Å². The molecule has 53 heavy (non-hydrogen) atoms. The number of aromatic nitrogens is 1. The second-order valence-corrected chi connectivity index (χ2v) is 13.0. The Balaban J connectivity index is 1.05. The number of piperidine rings is 1. The standard InChI is InChI=1S/C38H42F3N5O7/c1-23-5-6-25(20-26(23)21-43-33(49)14-18-46-16-12-28(13-17-46)53-37(52)38(39,40)41)36(51)44-27-4-2-3-24(19-27)11-15-42-22-32(48)29-7-9-31(47)35-30(29)8-10-34(50)45-35/h2-10,19-20,28,32,42,47-48H,11-18,21-22H2,1H3,(H,43,49)(H,44,51)(H,45,50)/t32-/m0/s1. The monoisotopic (exact) mass is 737 g/mol. The Kier molecular flexibility index (Phi) is 12.9. The van der Waals surface area contributed by atoms with Crippen LogP contribution in [0.4, 0.5) is 18.9 Å². The van der Waals surface area contributed by atoms with E-state index < -0.39 is 24.4 Å². The number of nitrogens with zero attached hydrogens (tertiary/aromatic N) is 1. The largest absolute Gasteiger partial charge is 0.506 e. The Hall–Kier alpha value is -5.25. The molecule has 1 saturated heterocycles. The first kappa shape index (κ1) is 39.0. The molecule has 6 N–H and O–H groups in total. The third-order valence-corrected chi connectivity index (χ3v) is 9.16. The third kappa shape index (κ3) is 10.9. The highest BCUT2D eigenvalue weighted by atomic mass is 19.4. The molecule has 4 aromatic rings. The van der Waals surface area contributed by atoms with E-state index in [1.54, 1.807) is 30.3 Å². The number of aromatic hydroxyl groups is 1. The quantitative estimate of drug-likeness (QED) is 0.0818. The first-order chi connectivity index (χ1) is 25.3. The Bertz CT molecular complexity index is 1990. The molecular weight excluding hydrogens is 695 g/mol. The number of carbonyl (C=O) groups is 3. The Labute approximate surface area is 303 Å². The van der Waals surface area contributed by atoms with Crippen LogP contribution in [0.5, 0.6) is 5.75 Å². The summed E-state index contributed by atoms with van der Waals surface area (Å²) in [7, 11) is 0. The number of hydrogen-bond donors (Lipinski definition) is 6. The van der Waals surface area contributed by atoms with Crippen LogP contribution in [0.3, 0.4) is 0 Å². The average molecular weight is 738 g/mol. The summed E-state index contributed by atoms with van der Waals surface area (Å²) >= 11 is 0. The number of aromatic amines is 1. The predicted octanol–water partition coefficient (Wildman–Crippen LogP) is 4.24. The third-order valence-electron chi connectivity index (χ3n) is 9.16. The van der Waals surface area contributed by atoms with Crippen LogP contribution in [0.2, 0.25) is 0 Å². The number of phenolic OH excluding ortho intramolecular Hbond substituents is 1. The van der Waals surface area contributed by atoms with Gasteiger partial charge in [0.2, 0.25) is 11.5 Å². The van der Waals surface area contributed by atoms with Gasteiger partial charge in [-0.15, -0.1) is 0 Å². The molecule has 12 nitrogen and oxygen atoms in total. The highest BCUT2D eigenvalue weighted by Gasteiger charge is 2.42. The van der Waals surface area contributed by atoms with Gasteiger partial charge in [0.25, 0.3) is 5.91 Å². The number of amides is 2. The molecular formula is C38H42F3N5O7. The van der Waals surface area contributed by atoms with Crippen molar-refractivity contribution in [1.29, 1.82) is 0 Å². The fourth-order valence-corrected chi connectivity index (χ4v) is 6.15. The molecule has 0 unspecified atom stereocenters. The van der Waals surface area contributed by atoms with Crippen LogP contribution in [-0.4, -0.2) is 82.9 Å². The number of benzene rings is 3. The van der Waals surface area contributed by atoms with Gasteiger partial charge in [-0.3, -0.25) is 14.4 Å². The number of esters is 1. The maximum absolute atomic E-state index is 13.2. The molecule has 1 aliphatic rings. The molecule has 1 fully saturated rings. The normalized spacial score (nSPS) is 14.5. The molecule has 2 heterocycles. The topological polar surface area (TPSA) is 173 Å². The van der Waals surface area contributed by atoms with Crippen LogP contribution in [0.1, 0.15) is 58.0 Å². The first-order valence-corrected chi connectivity index (χ1v) is 17.3. The number of anilines is 1. The molecule has 0 bridgehead atoms. The molecule has 5 rings (SSSR count). The van der Waals surface area contributed by atoms with E-state index >= 15 is 0 Å². The zero-order valence-corrected chi connectivity index (χ0v) is 29.1. The van der Waals surface area contributed by atoms with E-state index in [-0.39, 0.29) is 61.0 Å². The van der Waals surface area contributed by atoms with Gasteiger partial charge in [0.15, 0.2) is 0 Å². The summed E-state index contributed by atoms with van der Waals surface area (Å²) < 4.78 is 41.9. The number of nitrogens with one attached hydrogen (secondary N) is 4. The molecule has 0 radical (unpaired) electrons. The Morgan fingerprint density at radius 1 is 1.04 bits per heavy atom. The number of H-pyrrole nitrogens is 1. The fourth-order valence-electron chi connectivity index (χ4n) is 6.15. The molecule has 0 aliphatic carbocycles. The number of aryl methyl sites for hydroxylation is 1. The van der Waals surface area contributed by atoms with E-state index in [0.717, 1.165) is 16.7 Å². The zero-order chi connectivity index (χ0) is 38.1. The van der Waals surface area contributed by atoms with Gasteiger partial charge in [-0.1, -0.05) is 24.3 Å². The van der Waals surface area contributed by atoms with Crippen molar-refractivity contribution in [2.75, 3.05) is 38.0 Å². The molecule has 3 aromatic carbocycles. The number of aliphatic hydroxyl groups is 1. The van der Waals surface area contributed by atoms with Crippen molar-refractivity contribution < 1.29 is 42.5 Å². The number of halogens is 3. The molecule has 15 heteroatoms. The van der Waals surface area contributed by atoms with Gasteiger partial charge >= 0.3 is 12.1 Å². The Morgan fingerprint density at radius 3 is 2.57 bits per heavy atom. The minimum Gasteiger partial charge on any atom is -0.506 e. The lowest BCUT2D eigenvalue weighted by molar-refractivity contribution is -0.206. The number of phenols is 1. The minimum atomic E-state index is -5.02. The maximum atomic E-state index is 13.2. The van der Waals surface area contributed by atoms with Crippen molar-refractivity contribution in [2.24, 2.45) is 0 Å². The van der Waals surface area contributed by atoms with Crippen LogP contribution in [0.15, 0.2) is 71.5 Å². The number of carbonyl (C=O) groups excluding carboxylic acids is 3. The van der Waals surface area contributed by atoms with E-state index in [0.29, 0.717) is 54.8 Å². The lowest BCUT2D eigenvalue weighted by atomic mass is 10.0. The van der Waals surface area contributed by atoms with Crippen LogP contribution in [0.25, 0.3) is 10.9 Å². The molecule has 0 spiro atoms. The number of hydrogen-bond acceptors (Lipinski definition) is 9. The molecule has 1 atom stereocenters. The van der Waals surface area contributed by atoms with Crippen LogP contribution in [0, 0.1) is 6.92 Å². The maximum Gasteiger partial charge on any atom is 0.490 e. The molecule has 0 saturated carbocycles. The number of pyridine rings is 1. The van der Waals surface area contributed by atoms with E-state index in [1.807, 2.05) is 36.1 Å². The fraction of sp³-hybridized carbons (Fsp3) is 0.368. The van der Waals surface area contributed by atoms with Gasteiger partial charge < -0.3 is 40.8 Å². The smallest absolute Gasteiger partial charge is 0.490 e. The second kappa shape index (κ2) is 17.5. The minimum absolute atomic E-state index is 0.0767. The second-order valence-electron chi connectivity index (χ2n) is 13.0. The van der Waals surface area contributed by atoms with E-state index in [4.69, 9.17) is 0 Å². The number of fused-ring (bicyclic) bond motifs is 1. The first-order valence-electron chi connectivity index (χ1n) is 17.3. The summed E-state index contributed by atoms with van der Waals surface area (Å²) in [6, 6.07) is 18.6. The van der Waals surface area contributed by atoms with Gasteiger partial charge in [-0.05, 0) is 91.4 Å². The van der Waals surface area contributed by atoms with Crippen LogP contribution < -0.4 is 21.5 Å². The van der Waals surface area contributed by atoms with Crippen molar-refractivity contribution >= 4 is 34.4 Å². The van der Waals surface area contributed by atoms with Crippen molar-refractivity contribution in [3.05, 3.63) is 105 Å². The highest BCUT2D eigenvalue weighted by Crippen LogP contribution is 2.28. The summed E-state index contributed by atoms with van der Waals surface area (Å²) in [6.45, 7) is 4.09. The van der Waals surface area contributed by atoms with Crippen molar-refractivity contribution in [3.8, 4) is 5.75 Å². The highest BCUT2D eigenvalue weighted by molar-refractivity contribution is 6.04. The van der Waals surface area contributed by atoms with E-state index in [1.165, 1.54) is 12.1 Å². The van der Waals surface area contributed by atoms with Gasteiger partial charge in [-0.25, -0.2) is 4.79 Å². The van der Waals surface area contributed by atoms with E-state index in [9.17, 15) is 42.6 Å². The Morgan fingerprint density at radius 2 is 1.81 bits per heavy atom. The number of alkyl halides is 3. The van der Waals surface area contributed by atoms with Gasteiger partial charge in [-0.2, -0.15) is 13.2 Å². The lowest BCUT2D eigenvalue weighted by Crippen LogP contribution is -2.41. The summed E-state index contributed by atoms with van der Waals surface area (Å²) in [6.07, 6.45) is -5.38. The predicted molar refractivity (Wildman–Crippen MR) is 191 cm³/mol. The van der Waals surface area contributed by atoms with Crippen LogP contribution in [-0.2, 0) is 27.3 Å². The zero-order valence-electron chi connectivity index (χ0n) is 29.1.